The first-order chi connectivity index (χ1) is 11.7. The number of primary amides is 1. The topological polar surface area (TPSA) is 125 Å². The zero-order valence-corrected chi connectivity index (χ0v) is 14.8. The van der Waals surface area contributed by atoms with Gasteiger partial charge in [-0.1, -0.05) is 0 Å². The van der Waals surface area contributed by atoms with E-state index in [1.54, 1.807) is 24.3 Å². The maximum Gasteiger partial charge on any atom is 0.248 e. The first-order valence-electron chi connectivity index (χ1n) is 7.86. The molecule has 1 aromatic rings. The Hall–Kier alpha value is -2.13. The Kier molecular flexibility index (Phi) is 6.38. The van der Waals surface area contributed by atoms with Crippen LogP contribution in [-0.4, -0.2) is 57.6 Å². The van der Waals surface area contributed by atoms with Gasteiger partial charge in [-0.05, 0) is 30.7 Å². The third-order valence-corrected chi connectivity index (χ3v) is 4.72. The first-order valence-corrected chi connectivity index (χ1v) is 9.92. The van der Waals surface area contributed by atoms with E-state index in [0.717, 1.165) is 6.26 Å². The minimum atomic E-state index is -3.19. The summed E-state index contributed by atoms with van der Waals surface area (Å²) < 4.78 is 33.5. The normalized spacial score (nSPS) is 20.7. The van der Waals surface area contributed by atoms with Gasteiger partial charge in [-0.3, -0.25) is 9.59 Å². The van der Waals surface area contributed by atoms with Gasteiger partial charge in [-0.2, -0.15) is 0 Å². The Morgan fingerprint density at radius 3 is 2.60 bits per heavy atom. The van der Waals surface area contributed by atoms with Gasteiger partial charge in [0.1, 0.15) is 21.7 Å². The number of nitrogens with two attached hydrogens (primary N) is 1. The van der Waals surface area contributed by atoms with Gasteiger partial charge in [0.2, 0.25) is 11.8 Å². The highest BCUT2D eigenvalue weighted by Crippen LogP contribution is 2.18. The zero-order chi connectivity index (χ0) is 18.4. The van der Waals surface area contributed by atoms with Crippen LogP contribution in [-0.2, 0) is 19.4 Å². The van der Waals surface area contributed by atoms with Crippen molar-refractivity contribution in [2.45, 2.75) is 25.0 Å². The van der Waals surface area contributed by atoms with Crippen molar-refractivity contribution in [3.8, 4) is 5.75 Å². The van der Waals surface area contributed by atoms with Crippen molar-refractivity contribution in [3.63, 3.8) is 0 Å². The molecule has 0 unspecified atom stereocenters. The second kappa shape index (κ2) is 8.30. The molecular weight excluding hydrogens is 348 g/mol. The van der Waals surface area contributed by atoms with Crippen LogP contribution in [0.5, 0.6) is 5.75 Å². The molecule has 1 heterocycles. The van der Waals surface area contributed by atoms with Crippen molar-refractivity contribution in [1.82, 2.24) is 5.32 Å². The molecule has 8 nitrogen and oxygen atoms in total. The van der Waals surface area contributed by atoms with Gasteiger partial charge >= 0.3 is 0 Å². The summed E-state index contributed by atoms with van der Waals surface area (Å²) in [6.07, 6.45) is 1.16. The molecule has 3 N–H and O–H groups in total. The molecule has 1 aromatic carbocycles. The first kappa shape index (κ1) is 19.2. The van der Waals surface area contributed by atoms with Crippen LogP contribution in [0.15, 0.2) is 24.3 Å². The van der Waals surface area contributed by atoms with Gasteiger partial charge in [0.15, 0.2) is 0 Å². The fraction of sp³-hybridized carbons (Fsp3) is 0.500. The average Bonchev–Trinajstić information content (AvgIpc) is 2.55. The maximum absolute atomic E-state index is 12.0. The molecule has 9 heteroatoms. The maximum atomic E-state index is 12.0. The third-order valence-electron chi connectivity index (χ3n) is 3.78. The molecule has 0 aromatic heterocycles. The number of ether oxygens (including phenoxy) is 2. The van der Waals surface area contributed by atoms with E-state index in [0.29, 0.717) is 30.9 Å². The number of benzene rings is 1. The van der Waals surface area contributed by atoms with E-state index >= 15 is 0 Å². The van der Waals surface area contributed by atoms with E-state index in [4.69, 9.17) is 15.2 Å². The Bertz CT molecular complexity index is 717. The summed E-state index contributed by atoms with van der Waals surface area (Å²) in [5.41, 5.74) is 5.57. The predicted molar refractivity (Wildman–Crippen MR) is 91.1 cm³/mol. The van der Waals surface area contributed by atoms with Crippen molar-refractivity contribution >= 4 is 21.7 Å². The number of hydrogen-bond donors (Lipinski definition) is 2. The van der Waals surface area contributed by atoms with Crippen molar-refractivity contribution in [2.24, 2.45) is 5.73 Å². The highest BCUT2D eigenvalue weighted by atomic mass is 32.2. The van der Waals surface area contributed by atoms with Gasteiger partial charge in [0, 0.05) is 24.8 Å². The smallest absolute Gasteiger partial charge is 0.248 e. The summed E-state index contributed by atoms with van der Waals surface area (Å²) in [6, 6.07) is 6.08. The molecule has 138 valence electrons. The van der Waals surface area contributed by atoms with Crippen molar-refractivity contribution in [1.29, 1.82) is 0 Å². The highest BCUT2D eigenvalue weighted by Gasteiger charge is 2.29. The fourth-order valence-electron chi connectivity index (χ4n) is 2.42. The van der Waals surface area contributed by atoms with Crippen LogP contribution < -0.4 is 15.8 Å². The number of amides is 2. The Balaban J connectivity index is 1.95. The monoisotopic (exact) mass is 370 g/mol. The lowest BCUT2D eigenvalue weighted by Gasteiger charge is -2.32. The molecule has 25 heavy (non-hydrogen) atoms. The highest BCUT2D eigenvalue weighted by molar-refractivity contribution is 7.90. The van der Waals surface area contributed by atoms with Gasteiger partial charge in [-0.25, -0.2) is 8.42 Å². The Labute approximate surface area is 146 Å². The standard InChI is InChI=1S/C16H22N2O6S/c1-25(21,22)9-7-15(19)18-13-6-8-23-10-14(13)24-12-4-2-11(3-5-12)16(17)20/h2-5,13-14H,6-10H2,1H3,(H2,17,20)(H,18,19)/t13-,14-/m1/s1. The second-order valence-corrected chi connectivity index (χ2v) is 8.22. The fourth-order valence-corrected chi connectivity index (χ4v) is 2.98. The Morgan fingerprint density at radius 1 is 1.32 bits per heavy atom. The minimum absolute atomic E-state index is 0.0871. The summed E-state index contributed by atoms with van der Waals surface area (Å²) in [7, 11) is -3.19. The molecule has 2 atom stereocenters. The Morgan fingerprint density at radius 2 is 2.00 bits per heavy atom. The van der Waals surface area contributed by atoms with E-state index < -0.39 is 21.8 Å². The van der Waals surface area contributed by atoms with E-state index in [-0.39, 0.29) is 24.1 Å². The van der Waals surface area contributed by atoms with Crippen molar-refractivity contribution in [2.75, 3.05) is 25.2 Å². The summed E-state index contributed by atoms with van der Waals surface area (Å²) >= 11 is 0. The average molecular weight is 370 g/mol. The van der Waals surface area contributed by atoms with Crippen LogP contribution in [0.4, 0.5) is 0 Å². The largest absolute Gasteiger partial charge is 0.486 e. The molecule has 0 bridgehead atoms. The van der Waals surface area contributed by atoms with Gasteiger partial charge in [0.05, 0.1) is 18.4 Å². The number of rotatable bonds is 7. The molecule has 1 aliphatic rings. The van der Waals surface area contributed by atoms with E-state index in [9.17, 15) is 18.0 Å². The summed E-state index contributed by atoms with van der Waals surface area (Å²) in [5.74, 6) is -0.531. The quantitative estimate of drug-likeness (QED) is 0.689. The lowest BCUT2D eigenvalue weighted by atomic mass is 10.1. The number of carbonyl (C=O) groups is 2. The van der Waals surface area contributed by atoms with Gasteiger partial charge in [-0.15, -0.1) is 0 Å². The molecule has 1 saturated heterocycles. The molecule has 2 amide bonds. The van der Waals surface area contributed by atoms with Crippen LogP contribution in [0.25, 0.3) is 0 Å². The van der Waals surface area contributed by atoms with E-state index in [1.165, 1.54) is 0 Å². The molecule has 0 saturated carbocycles. The number of carbonyl (C=O) groups excluding carboxylic acids is 2. The van der Waals surface area contributed by atoms with Crippen molar-refractivity contribution in [3.05, 3.63) is 29.8 Å². The SMILES string of the molecule is CS(=O)(=O)CCC(=O)N[C@@H]1CCOC[C@H]1Oc1ccc(C(N)=O)cc1. The zero-order valence-electron chi connectivity index (χ0n) is 13.9. The van der Waals surface area contributed by atoms with Crippen LogP contribution in [0.1, 0.15) is 23.2 Å². The number of hydrogen-bond acceptors (Lipinski definition) is 6. The lowest BCUT2D eigenvalue weighted by Crippen LogP contribution is -2.51. The molecule has 2 rings (SSSR count). The predicted octanol–water partition coefficient (Wildman–Crippen LogP) is -0.127. The van der Waals surface area contributed by atoms with Gasteiger partial charge in [0.25, 0.3) is 0 Å². The molecule has 0 spiro atoms. The molecule has 0 radical (unpaired) electrons. The van der Waals surface area contributed by atoms with Crippen LogP contribution in [0.3, 0.4) is 0 Å². The molecule has 1 fully saturated rings. The second-order valence-electron chi connectivity index (χ2n) is 5.96. The van der Waals surface area contributed by atoms with E-state index in [1.807, 2.05) is 0 Å². The van der Waals surface area contributed by atoms with Crippen LogP contribution in [0.2, 0.25) is 0 Å². The van der Waals surface area contributed by atoms with Gasteiger partial charge < -0.3 is 20.5 Å². The molecule has 1 aliphatic heterocycles. The van der Waals surface area contributed by atoms with Crippen molar-refractivity contribution < 1.29 is 27.5 Å². The molecule has 0 aliphatic carbocycles. The number of nitrogens with one attached hydrogen (secondary N) is 1. The van der Waals surface area contributed by atoms with Crippen LogP contribution >= 0.6 is 0 Å². The third kappa shape index (κ3) is 6.35. The summed E-state index contributed by atoms with van der Waals surface area (Å²) in [4.78, 5) is 23.0. The summed E-state index contributed by atoms with van der Waals surface area (Å²) in [6.45, 7) is 0.784. The number of sulfone groups is 1. The lowest BCUT2D eigenvalue weighted by molar-refractivity contribution is -0.123. The minimum Gasteiger partial charge on any atom is -0.486 e. The molecular formula is C16H22N2O6S. The van der Waals surface area contributed by atoms with Crippen LogP contribution in [0, 0.1) is 0 Å². The summed E-state index contributed by atoms with van der Waals surface area (Å²) in [5, 5.41) is 2.81. The van der Waals surface area contributed by atoms with E-state index in [2.05, 4.69) is 5.32 Å².